The molecule has 1 amide bonds. The summed E-state index contributed by atoms with van der Waals surface area (Å²) in [7, 11) is 1.25. The van der Waals surface area contributed by atoms with E-state index in [9.17, 15) is 22.8 Å². The molecule has 0 bridgehead atoms. The number of carbonyl (C=O) groups is 2. The summed E-state index contributed by atoms with van der Waals surface area (Å²) in [6.07, 6.45) is -4.69. The third-order valence-electron chi connectivity index (χ3n) is 4.47. The highest BCUT2D eigenvalue weighted by Crippen LogP contribution is 2.35. The number of benzene rings is 2. The van der Waals surface area contributed by atoms with Crippen LogP contribution in [0.15, 0.2) is 42.5 Å². The molecule has 0 aliphatic rings. The smallest absolute Gasteiger partial charge is 0.416 e. The maximum atomic E-state index is 13.4. The van der Waals surface area contributed by atoms with E-state index in [0.717, 1.165) is 6.07 Å². The van der Waals surface area contributed by atoms with Gasteiger partial charge in [0.15, 0.2) is 0 Å². The first-order valence-electron chi connectivity index (χ1n) is 8.44. The van der Waals surface area contributed by atoms with Crippen LogP contribution in [-0.2, 0) is 28.7 Å². The van der Waals surface area contributed by atoms with Gasteiger partial charge in [0.2, 0.25) is 5.91 Å². The summed E-state index contributed by atoms with van der Waals surface area (Å²) in [4.78, 5) is 23.3. The lowest BCUT2D eigenvalue weighted by atomic mass is 10.0. The fourth-order valence-electron chi connectivity index (χ4n) is 3.22. The number of halogens is 4. The first-order valence-corrected chi connectivity index (χ1v) is 8.82. The van der Waals surface area contributed by atoms with Crippen molar-refractivity contribution in [2.45, 2.75) is 19.1 Å². The van der Waals surface area contributed by atoms with E-state index in [1.54, 1.807) is 18.2 Å². The van der Waals surface area contributed by atoms with E-state index in [1.807, 2.05) is 0 Å². The second-order valence-corrected chi connectivity index (χ2v) is 6.87. The van der Waals surface area contributed by atoms with Gasteiger partial charge in [-0.2, -0.15) is 13.2 Å². The number of nitrogens with zero attached hydrogens (tertiary/aromatic N) is 1. The van der Waals surface area contributed by atoms with E-state index in [2.05, 4.69) is 4.74 Å². The summed E-state index contributed by atoms with van der Waals surface area (Å²) in [6, 6.07) is 9.83. The molecule has 29 heavy (non-hydrogen) atoms. The molecular weight excluding hydrogens is 409 g/mol. The molecule has 1 heterocycles. The normalized spacial score (nSPS) is 11.6. The number of nitrogens with two attached hydrogens (primary N) is 1. The lowest BCUT2D eigenvalue weighted by Crippen LogP contribution is -2.20. The van der Waals surface area contributed by atoms with Crippen molar-refractivity contribution in [1.82, 2.24) is 4.57 Å². The number of primary amides is 1. The third kappa shape index (κ3) is 4.37. The summed E-state index contributed by atoms with van der Waals surface area (Å²) in [5.74, 6) is -1.19. The average Bonchev–Trinajstić information content (AvgIpc) is 2.97. The highest BCUT2D eigenvalue weighted by atomic mass is 35.5. The monoisotopic (exact) mass is 424 g/mol. The van der Waals surface area contributed by atoms with Gasteiger partial charge in [0.1, 0.15) is 6.54 Å². The maximum absolute atomic E-state index is 13.4. The van der Waals surface area contributed by atoms with Crippen molar-refractivity contribution in [3.8, 4) is 0 Å². The number of alkyl halides is 3. The van der Waals surface area contributed by atoms with Crippen LogP contribution in [0.25, 0.3) is 10.9 Å². The number of hydrogen-bond acceptors (Lipinski definition) is 3. The number of amides is 1. The molecule has 0 aliphatic carbocycles. The molecule has 1 aromatic heterocycles. The number of fused-ring (bicyclic) bond motifs is 1. The Hall–Kier alpha value is -3.00. The number of carbonyl (C=O) groups excluding carboxylic acids is 2. The first-order chi connectivity index (χ1) is 13.6. The molecule has 0 saturated carbocycles. The molecule has 0 radical (unpaired) electrons. The minimum absolute atomic E-state index is 0.00335. The minimum atomic E-state index is -4.58. The van der Waals surface area contributed by atoms with Gasteiger partial charge >= 0.3 is 12.1 Å². The van der Waals surface area contributed by atoms with Crippen molar-refractivity contribution in [1.29, 1.82) is 0 Å². The second kappa shape index (κ2) is 7.79. The van der Waals surface area contributed by atoms with Crippen LogP contribution >= 0.6 is 11.6 Å². The van der Waals surface area contributed by atoms with Gasteiger partial charge in [-0.3, -0.25) is 4.79 Å². The molecule has 0 spiro atoms. The van der Waals surface area contributed by atoms with Crippen molar-refractivity contribution in [2.24, 2.45) is 5.73 Å². The van der Waals surface area contributed by atoms with Gasteiger partial charge in [-0.05, 0) is 42.0 Å². The van der Waals surface area contributed by atoms with Gasteiger partial charge in [0.25, 0.3) is 0 Å². The Morgan fingerprint density at radius 2 is 1.86 bits per heavy atom. The van der Waals surface area contributed by atoms with Crippen molar-refractivity contribution in [3.05, 3.63) is 69.9 Å². The van der Waals surface area contributed by atoms with Crippen LogP contribution in [0.5, 0.6) is 0 Å². The van der Waals surface area contributed by atoms with Crippen LogP contribution in [0.4, 0.5) is 13.2 Å². The summed E-state index contributed by atoms with van der Waals surface area (Å²) in [6.45, 7) is -0.217. The van der Waals surface area contributed by atoms with E-state index < -0.39 is 23.6 Å². The van der Waals surface area contributed by atoms with Crippen LogP contribution in [0.3, 0.4) is 0 Å². The standard InChI is InChI=1S/C20H16ClF3N2O3/c1-29-19(28)12-3-5-17-13(6-12)8-15(26(17)10-18(25)27)7-11-2-4-14(21)9-16(11)20(22,23)24/h2-6,8-9H,7,10H2,1H3,(H2,25,27). The Morgan fingerprint density at radius 3 is 2.48 bits per heavy atom. The molecule has 2 aromatic carbocycles. The lowest BCUT2D eigenvalue weighted by molar-refractivity contribution is -0.138. The molecule has 9 heteroatoms. The molecular formula is C20H16ClF3N2O3. The lowest BCUT2D eigenvalue weighted by Gasteiger charge is -2.15. The first kappa shape index (κ1) is 20.7. The van der Waals surface area contributed by atoms with Crippen LogP contribution in [0.1, 0.15) is 27.2 Å². The number of ether oxygens (including phenoxy) is 1. The van der Waals surface area contributed by atoms with Crippen molar-refractivity contribution >= 4 is 34.4 Å². The van der Waals surface area contributed by atoms with E-state index in [-0.39, 0.29) is 29.1 Å². The second-order valence-electron chi connectivity index (χ2n) is 6.43. The molecule has 0 unspecified atom stereocenters. The van der Waals surface area contributed by atoms with Gasteiger partial charge in [0.05, 0.1) is 18.2 Å². The van der Waals surface area contributed by atoms with Crippen LogP contribution < -0.4 is 5.73 Å². The molecule has 0 aliphatic heterocycles. The molecule has 2 N–H and O–H groups in total. The van der Waals surface area contributed by atoms with E-state index >= 15 is 0 Å². The van der Waals surface area contributed by atoms with Crippen molar-refractivity contribution < 1.29 is 27.5 Å². The number of rotatable bonds is 5. The Balaban J connectivity index is 2.14. The number of hydrogen-bond donors (Lipinski definition) is 1. The zero-order valence-corrected chi connectivity index (χ0v) is 16.0. The minimum Gasteiger partial charge on any atom is -0.465 e. The Kier molecular flexibility index (Phi) is 5.57. The van der Waals surface area contributed by atoms with E-state index in [1.165, 1.54) is 29.9 Å². The molecule has 152 valence electrons. The highest BCUT2D eigenvalue weighted by molar-refractivity contribution is 6.30. The topological polar surface area (TPSA) is 74.3 Å². The molecule has 0 atom stereocenters. The van der Waals surface area contributed by atoms with Gasteiger partial charge in [-0.15, -0.1) is 0 Å². The SMILES string of the molecule is COC(=O)c1ccc2c(c1)cc(Cc1ccc(Cl)cc1C(F)(F)F)n2CC(N)=O. The van der Waals surface area contributed by atoms with E-state index in [0.29, 0.717) is 16.6 Å². The summed E-state index contributed by atoms with van der Waals surface area (Å²) in [5, 5.41) is 0.549. The van der Waals surface area contributed by atoms with Crippen molar-refractivity contribution in [2.75, 3.05) is 7.11 Å². The Morgan fingerprint density at radius 1 is 1.14 bits per heavy atom. The largest absolute Gasteiger partial charge is 0.465 e. The quantitative estimate of drug-likeness (QED) is 0.624. The molecule has 5 nitrogen and oxygen atoms in total. The molecule has 3 aromatic rings. The number of esters is 1. The molecule has 3 rings (SSSR count). The van der Waals surface area contributed by atoms with Gasteiger partial charge in [0, 0.05) is 28.0 Å². The van der Waals surface area contributed by atoms with Crippen LogP contribution in [0.2, 0.25) is 5.02 Å². The Bertz CT molecular complexity index is 1110. The zero-order chi connectivity index (χ0) is 21.3. The zero-order valence-electron chi connectivity index (χ0n) is 15.2. The van der Waals surface area contributed by atoms with Gasteiger partial charge in [-0.1, -0.05) is 17.7 Å². The van der Waals surface area contributed by atoms with E-state index in [4.69, 9.17) is 17.3 Å². The third-order valence-corrected chi connectivity index (χ3v) is 4.71. The van der Waals surface area contributed by atoms with Crippen LogP contribution in [0, 0.1) is 0 Å². The summed E-state index contributed by atoms with van der Waals surface area (Å²) >= 11 is 5.74. The van der Waals surface area contributed by atoms with Gasteiger partial charge in [-0.25, -0.2) is 4.79 Å². The van der Waals surface area contributed by atoms with Gasteiger partial charge < -0.3 is 15.0 Å². The fourth-order valence-corrected chi connectivity index (χ4v) is 3.40. The average molecular weight is 425 g/mol. The highest BCUT2D eigenvalue weighted by Gasteiger charge is 2.33. The summed E-state index contributed by atoms with van der Waals surface area (Å²) < 4.78 is 46.5. The summed E-state index contributed by atoms with van der Waals surface area (Å²) in [5.41, 5.74) is 5.76. The predicted octanol–water partition coefficient (Wildman–Crippen LogP) is 4.18. The maximum Gasteiger partial charge on any atom is 0.416 e. The number of methoxy groups -OCH3 is 1. The Labute approximate surface area is 168 Å². The van der Waals surface area contributed by atoms with Crippen molar-refractivity contribution in [3.63, 3.8) is 0 Å². The number of aromatic nitrogens is 1. The molecule has 0 saturated heterocycles. The fraction of sp³-hybridized carbons (Fsp3) is 0.200. The van der Waals surface area contributed by atoms with Crippen LogP contribution in [-0.4, -0.2) is 23.6 Å². The molecule has 0 fully saturated rings. The predicted molar refractivity (Wildman–Crippen MR) is 102 cm³/mol.